The summed E-state index contributed by atoms with van der Waals surface area (Å²) in [5.41, 5.74) is 1.54. The molecule has 2 aromatic heterocycles. The van der Waals surface area contributed by atoms with Crippen LogP contribution in [0, 0.1) is 0 Å². The lowest BCUT2D eigenvalue weighted by Gasteiger charge is -2.03. The maximum Gasteiger partial charge on any atom is 0.205 e. The smallest absolute Gasteiger partial charge is 0.205 e. The van der Waals surface area contributed by atoms with Gasteiger partial charge in [-0.3, -0.25) is 4.79 Å². The molecule has 96 valence electrons. The van der Waals surface area contributed by atoms with E-state index in [2.05, 4.69) is 20.9 Å². The van der Waals surface area contributed by atoms with Crippen molar-refractivity contribution in [3.8, 4) is 5.75 Å². The number of fused-ring (bicyclic) bond motifs is 1. The van der Waals surface area contributed by atoms with Gasteiger partial charge in [-0.15, -0.1) is 11.3 Å². The minimum Gasteiger partial charge on any atom is -0.496 e. The highest BCUT2D eigenvalue weighted by Crippen LogP contribution is 2.32. The predicted octanol–water partition coefficient (Wildman–Crippen LogP) is 4.23. The highest BCUT2D eigenvalue weighted by atomic mass is 79.9. The first kappa shape index (κ1) is 12.4. The van der Waals surface area contributed by atoms with Crippen LogP contribution < -0.4 is 4.74 Å². The number of halogens is 1. The second kappa shape index (κ2) is 4.83. The number of hydrogen-bond acceptors (Lipinski definition) is 3. The third kappa shape index (κ3) is 2.09. The first-order valence-electron chi connectivity index (χ1n) is 5.65. The standard InChI is InChI=1S/C14H10BrNO2S/c1-18-10-4-2-3-9-13(10)8(7-16-9)14(17)11-5-6-12(15)19-11/h2-7,16H,1H3. The molecular formula is C14H10BrNO2S. The fourth-order valence-electron chi connectivity index (χ4n) is 2.07. The van der Waals surface area contributed by atoms with Gasteiger partial charge in [0.25, 0.3) is 0 Å². The Balaban J connectivity index is 2.18. The predicted molar refractivity (Wildman–Crippen MR) is 80.3 cm³/mol. The van der Waals surface area contributed by atoms with Gasteiger partial charge in [-0.25, -0.2) is 0 Å². The van der Waals surface area contributed by atoms with E-state index in [0.717, 1.165) is 14.7 Å². The van der Waals surface area contributed by atoms with Crippen LogP contribution in [-0.2, 0) is 0 Å². The van der Waals surface area contributed by atoms with E-state index in [1.54, 1.807) is 13.3 Å². The quantitative estimate of drug-likeness (QED) is 0.727. The number of carbonyl (C=O) groups excluding carboxylic acids is 1. The van der Waals surface area contributed by atoms with Gasteiger partial charge in [0.1, 0.15) is 5.75 Å². The lowest BCUT2D eigenvalue weighted by Crippen LogP contribution is -1.98. The highest BCUT2D eigenvalue weighted by Gasteiger charge is 2.18. The maximum absolute atomic E-state index is 12.5. The summed E-state index contributed by atoms with van der Waals surface area (Å²) in [6.45, 7) is 0. The number of aromatic amines is 1. The van der Waals surface area contributed by atoms with Gasteiger partial charge in [0.05, 0.1) is 26.7 Å². The third-order valence-corrected chi connectivity index (χ3v) is 4.55. The average Bonchev–Trinajstić information content (AvgIpc) is 3.03. The molecule has 1 N–H and O–H groups in total. The van der Waals surface area contributed by atoms with E-state index in [4.69, 9.17) is 4.74 Å². The van der Waals surface area contributed by atoms with Crippen LogP contribution >= 0.6 is 27.3 Å². The zero-order chi connectivity index (χ0) is 13.4. The van der Waals surface area contributed by atoms with Gasteiger partial charge >= 0.3 is 0 Å². The summed E-state index contributed by atoms with van der Waals surface area (Å²) >= 11 is 4.80. The summed E-state index contributed by atoms with van der Waals surface area (Å²) in [6.07, 6.45) is 1.74. The van der Waals surface area contributed by atoms with E-state index in [9.17, 15) is 4.79 Å². The van der Waals surface area contributed by atoms with Crippen molar-refractivity contribution in [2.75, 3.05) is 7.11 Å². The molecule has 0 saturated carbocycles. The number of benzene rings is 1. The van der Waals surface area contributed by atoms with Crippen LogP contribution in [0.1, 0.15) is 15.2 Å². The largest absolute Gasteiger partial charge is 0.496 e. The molecule has 0 saturated heterocycles. The summed E-state index contributed by atoms with van der Waals surface area (Å²) < 4.78 is 6.29. The number of aromatic nitrogens is 1. The Morgan fingerprint density at radius 2 is 2.16 bits per heavy atom. The first-order chi connectivity index (χ1) is 9.20. The molecule has 0 radical (unpaired) electrons. The lowest BCUT2D eigenvalue weighted by molar-refractivity contribution is 0.104. The van der Waals surface area contributed by atoms with Gasteiger partial charge in [-0.2, -0.15) is 0 Å². The average molecular weight is 336 g/mol. The molecule has 3 rings (SSSR count). The summed E-state index contributed by atoms with van der Waals surface area (Å²) in [7, 11) is 1.61. The number of H-pyrrole nitrogens is 1. The molecule has 0 bridgehead atoms. The third-order valence-electron chi connectivity index (χ3n) is 2.93. The minimum absolute atomic E-state index is 0.00597. The molecule has 0 atom stereocenters. The van der Waals surface area contributed by atoms with E-state index >= 15 is 0 Å². The van der Waals surface area contributed by atoms with E-state index in [1.165, 1.54) is 11.3 Å². The molecule has 0 unspecified atom stereocenters. The molecule has 0 amide bonds. The first-order valence-corrected chi connectivity index (χ1v) is 7.26. The SMILES string of the molecule is COc1cccc2[nH]cc(C(=O)c3ccc(Br)s3)c12. The van der Waals surface area contributed by atoms with Crippen molar-refractivity contribution in [1.82, 2.24) is 4.98 Å². The van der Waals surface area contributed by atoms with Crippen molar-refractivity contribution in [1.29, 1.82) is 0 Å². The van der Waals surface area contributed by atoms with Gasteiger partial charge in [-0.1, -0.05) is 6.07 Å². The van der Waals surface area contributed by atoms with E-state index in [1.807, 2.05) is 30.3 Å². The van der Waals surface area contributed by atoms with Crippen LogP contribution in [0.25, 0.3) is 10.9 Å². The summed E-state index contributed by atoms with van der Waals surface area (Å²) in [6, 6.07) is 9.39. The molecule has 3 nitrogen and oxygen atoms in total. The van der Waals surface area contributed by atoms with Crippen molar-refractivity contribution < 1.29 is 9.53 Å². The van der Waals surface area contributed by atoms with Gasteiger partial charge in [0, 0.05) is 11.7 Å². The molecular weight excluding hydrogens is 326 g/mol. The number of hydrogen-bond donors (Lipinski definition) is 1. The second-order valence-electron chi connectivity index (χ2n) is 4.02. The molecule has 0 aliphatic carbocycles. The fraction of sp³-hybridized carbons (Fsp3) is 0.0714. The van der Waals surface area contributed by atoms with E-state index in [0.29, 0.717) is 16.2 Å². The number of carbonyl (C=O) groups is 1. The van der Waals surface area contributed by atoms with Crippen LogP contribution in [0.4, 0.5) is 0 Å². The Labute approximate surface area is 122 Å². The van der Waals surface area contributed by atoms with Gasteiger partial charge in [0.15, 0.2) is 0 Å². The molecule has 0 spiro atoms. The monoisotopic (exact) mass is 335 g/mol. The van der Waals surface area contributed by atoms with E-state index in [-0.39, 0.29) is 5.78 Å². The highest BCUT2D eigenvalue weighted by molar-refractivity contribution is 9.11. The Hall–Kier alpha value is -1.59. The Morgan fingerprint density at radius 3 is 2.84 bits per heavy atom. The number of nitrogens with one attached hydrogen (secondary N) is 1. The second-order valence-corrected chi connectivity index (χ2v) is 6.48. The van der Waals surface area contributed by atoms with Crippen molar-refractivity contribution >= 4 is 44.0 Å². The van der Waals surface area contributed by atoms with Crippen molar-refractivity contribution in [3.63, 3.8) is 0 Å². The van der Waals surface area contributed by atoms with Crippen molar-refractivity contribution in [3.05, 3.63) is 50.8 Å². The van der Waals surface area contributed by atoms with Crippen LogP contribution in [-0.4, -0.2) is 17.9 Å². The molecule has 5 heteroatoms. The summed E-state index contributed by atoms with van der Waals surface area (Å²) in [5.74, 6) is 0.712. The van der Waals surface area contributed by atoms with Crippen LogP contribution in [0.15, 0.2) is 40.3 Å². The van der Waals surface area contributed by atoms with Gasteiger partial charge < -0.3 is 9.72 Å². The van der Waals surface area contributed by atoms with Crippen molar-refractivity contribution in [2.24, 2.45) is 0 Å². The fourth-order valence-corrected chi connectivity index (χ4v) is 3.41. The number of rotatable bonds is 3. The number of methoxy groups -OCH3 is 1. The normalized spacial score (nSPS) is 10.8. The van der Waals surface area contributed by atoms with Gasteiger partial charge in [-0.05, 0) is 40.2 Å². The zero-order valence-electron chi connectivity index (χ0n) is 10.1. The Bertz CT molecular complexity index is 760. The molecule has 3 aromatic rings. The van der Waals surface area contributed by atoms with Gasteiger partial charge in [0.2, 0.25) is 5.78 Å². The molecule has 0 fully saturated rings. The number of ketones is 1. The molecule has 0 aliphatic heterocycles. The van der Waals surface area contributed by atoms with Crippen molar-refractivity contribution in [2.45, 2.75) is 0 Å². The number of thiophene rings is 1. The zero-order valence-corrected chi connectivity index (χ0v) is 12.5. The maximum atomic E-state index is 12.5. The Kier molecular flexibility index (Phi) is 3.16. The Morgan fingerprint density at radius 1 is 1.32 bits per heavy atom. The van der Waals surface area contributed by atoms with Crippen LogP contribution in [0.2, 0.25) is 0 Å². The van der Waals surface area contributed by atoms with Crippen LogP contribution in [0.5, 0.6) is 5.75 Å². The number of ether oxygens (including phenoxy) is 1. The topological polar surface area (TPSA) is 42.1 Å². The van der Waals surface area contributed by atoms with Crippen LogP contribution in [0.3, 0.4) is 0 Å². The summed E-state index contributed by atoms with van der Waals surface area (Å²) in [4.78, 5) is 16.3. The summed E-state index contributed by atoms with van der Waals surface area (Å²) in [5, 5.41) is 0.833. The molecule has 1 aromatic carbocycles. The van der Waals surface area contributed by atoms with E-state index < -0.39 is 0 Å². The molecule has 2 heterocycles. The minimum atomic E-state index is 0.00597. The molecule has 19 heavy (non-hydrogen) atoms. The lowest BCUT2D eigenvalue weighted by atomic mass is 10.1. The molecule has 0 aliphatic rings.